The average molecular weight is 277 g/mol. The molecule has 1 unspecified atom stereocenters. The molecule has 4 heteroatoms. The summed E-state index contributed by atoms with van der Waals surface area (Å²) in [5, 5.41) is 0. The van der Waals surface area contributed by atoms with Crippen molar-refractivity contribution in [2.75, 3.05) is 39.3 Å². The number of hydrogen-bond donors (Lipinski definition) is 1. The van der Waals surface area contributed by atoms with Gasteiger partial charge >= 0.3 is 0 Å². The summed E-state index contributed by atoms with van der Waals surface area (Å²) in [4.78, 5) is 5.02. The lowest BCUT2D eigenvalue weighted by atomic mass is 10.2. The Balaban J connectivity index is 1.70. The molecule has 4 nitrogen and oxygen atoms in total. The zero-order valence-corrected chi connectivity index (χ0v) is 12.7. The summed E-state index contributed by atoms with van der Waals surface area (Å²) in [5.41, 5.74) is 6.72. The number of hydrogen-bond acceptors (Lipinski definition) is 4. The zero-order chi connectivity index (χ0) is 14.4. The van der Waals surface area contributed by atoms with Crippen molar-refractivity contribution in [2.45, 2.75) is 26.4 Å². The lowest BCUT2D eigenvalue weighted by Crippen LogP contribution is -2.52. The first-order valence-corrected chi connectivity index (χ1v) is 7.61. The molecule has 0 bridgehead atoms. The van der Waals surface area contributed by atoms with Crippen LogP contribution in [0.15, 0.2) is 24.3 Å². The Bertz CT molecular complexity index is 393. The van der Waals surface area contributed by atoms with E-state index in [0.717, 1.165) is 44.1 Å². The molecular formula is C16H27N3O. The lowest BCUT2D eigenvalue weighted by molar-refractivity contribution is 0.0781. The van der Waals surface area contributed by atoms with Crippen molar-refractivity contribution in [1.82, 2.24) is 9.80 Å². The maximum Gasteiger partial charge on any atom is 0.119 e. The minimum Gasteiger partial charge on any atom is -0.492 e. The number of nitrogens with two attached hydrogens (primary N) is 1. The maximum absolute atomic E-state index is 5.80. The van der Waals surface area contributed by atoms with Gasteiger partial charge in [0, 0.05) is 38.8 Å². The zero-order valence-electron chi connectivity index (χ0n) is 12.7. The number of ether oxygens (including phenoxy) is 1. The standard InChI is InChI=1S/C16H27N3O/c1-3-19-9-8-18(13-14(19)2)10-11-20-16-6-4-15(12-17)5-7-16/h4-7,14H,3,8-13,17H2,1-2H3. The van der Waals surface area contributed by atoms with E-state index < -0.39 is 0 Å². The topological polar surface area (TPSA) is 41.7 Å². The molecule has 1 atom stereocenters. The number of piperazine rings is 1. The first-order valence-electron chi connectivity index (χ1n) is 7.61. The summed E-state index contributed by atoms with van der Waals surface area (Å²) >= 11 is 0. The first kappa shape index (κ1) is 15.3. The normalized spacial score (nSPS) is 21.1. The largest absolute Gasteiger partial charge is 0.492 e. The molecule has 0 radical (unpaired) electrons. The van der Waals surface area contributed by atoms with Crippen LogP contribution in [-0.2, 0) is 6.54 Å². The molecule has 0 amide bonds. The number of rotatable bonds is 6. The second-order valence-electron chi connectivity index (χ2n) is 5.47. The van der Waals surface area contributed by atoms with E-state index in [1.54, 1.807) is 0 Å². The molecule has 2 rings (SSSR count). The SMILES string of the molecule is CCN1CCN(CCOc2ccc(CN)cc2)CC1C. The van der Waals surface area contributed by atoms with Gasteiger partial charge in [-0.05, 0) is 31.2 Å². The Labute approximate surface area is 122 Å². The minimum absolute atomic E-state index is 0.583. The Morgan fingerprint density at radius 2 is 2.00 bits per heavy atom. The van der Waals surface area contributed by atoms with Gasteiger partial charge in [0.15, 0.2) is 0 Å². The van der Waals surface area contributed by atoms with Crippen LogP contribution in [0.2, 0.25) is 0 Å². The van der Waals surface area contributed by atoms with Gasteiger partial charge in [0.05, 0.1) is 0 Å². The van der Waals surface area contributed by atoms with Gasteiger partial charge in [-0.25, -0.2) is 0 Å². The smallest absolute Gasteiger partial charge is 0.119 e. The Morgan fingerprint density at radius 3 is 2.60 bits per heavy atom. The van der Waals surface area contributed by atoms with Crippen molar-refractivity contribution in [3.8, 4) is 5.75 Å². The molecule has 112 valence electrons. The fourth-order valence-corrected chi connectivity index (χ4v) is 2.76. The Morgan fingerprint density at radius 1 is 1.25 bits per heavy atom. The second kappa shape index (κ2) is 7.62. The van der Waals surface area contributed by atoms with E-state index in [9.17, 15) is 0 Å². The average Bonchev–Trinajstić information content (AvgIpc) is 2.48. The van der Waals surface area contributed by atoms with E-state index in [-0.39, 0.29) is 0 Å². The van der Waals surface area contributed by atoms with E-state index >= 15 is 0 Å². The second-order valence-corrected chi connectivity index (χ2v) is 5.47. The molecule has 1 aliphatic heterocycles. The summed E-state index contributed by atoms with van der Waals surface area (Å²) in [7, 11) is 0. The van der Waals surface area contributed by atoms with Crippen molar-refractivity contribution in [3.05, 3.63) is 29.8 Å². The van der Waals surface area contributed by atoms with Crippen molar-refractivity contribution < 1.29 is 4.74 Å². The fraction of sp³-hybridized carbons (Fsp3) is 0.625. The van der Waals surface area contributed by atoms with Gasteiger partial charge in [-0.1, -0.05) is 19.1 Å². The first-order chi connectivity index (χ1) is 9.72. The maximum atomic E-state index is 5.80. The van der Waals surface area contributed by atoms with Crippen LogP contribution in [0, 0.1) is 0 Å². The van der Waals surface area contributed by atoms with Crippen LogP contribution in [0.25, 0.3) is 0 Å². The molecular weight excluding hydrogens is 250 g/mol. The predicted octanol–water partition coefficient (Wildman–Crippen LogP) is 1.55. The molecule has 2 N–H and O–H groups in total. The van der Waals surface area contributed by atoms with Gasteiger partial charge in [0.1, 0.15) is 12.4 Å². The van der Waals surface area contributed by atoms with E-state index in [2.05, 4.69) is 23.6 Å². The molecule has 0 aromatic heterocycles. The van der Waals surface area contributed by atoms with Gasteiger partial charge in [-0.2, -0.15) is 0 Å². The van der Waals surface area contributed by atoms with Gasteiger partial charge < -0.3 is 10.5 Å². The van der Waals surface area contributed by atoms with Crippen LogP contribution in [0.3, 0.4) is 0 Å². The minimum atomic E-state index is 0.583. The van der Waals surface area contributed by atoms with Crippen molar-refractivity contribution in [3.63, 3.8) is 0 Å². The van der Waals surface area contributed by atoms with Crippen molar-refractivity contribution in [2.24, 2.45) is 5.73 Å². The molecule has 0 saturated carbocycles. The highest BCUT2D eigenvalue weighted by Gasteiger charge is 2.21. The van der Waals surface area contributed by atoms with Crippen LogP contribution in [0.1, 0.15) is 19.4 Å². The van der Waals surface area contributed by atoms with Gasteiger partial charge in [-0.15, -0.1) is 0 Å². The highest BCUT2D eigenvalue weighted by Crippen LogP contribution is 2.12. The molecule has 1 aromatic rings. The van der Waals surface area contributed by atoms with Crippen LogP contribution in [-0.4, -0.2) is 55.2 Å². The van der Waals surface area contributed by atoms with Gasteiger partial charge in [-0.3, -0.25) is 9.80 Å². The van der Waals surface area contributed by atoms with Crippen LogP contribution >= 0.6 is 0 Å². The van der Waals surface area contributed by atoms with Crippen LogP contribution in [0.5, 0.6) is 5.75 Å². The third-order valence-electron chi connectivity index (χ3n) is 4.09. The summed E-state index contributed by atoms with van der Waals surface area (Å²) in [5.74, 6) is 0.933. The van der Waals surface area contributed by atoms with E-state index in [0.29, 0.717) is 12.6 Å². The Hall–Kier alpha value is -1.10. The van der Waals surface area contributed by atoms with E-state index in [4.69, 9.17) is 10.5 Å². The molecule has 1 aromatic carbocycles. The highest BCUT2D eigenvalue weighted by atomic mass is 16.5. The number of nitrogens with zero attached hydrogens (tertiary/aromatic N) is 2. The predicted molar refractivity (Wildman–Crippen MR) is 83.0 cm³/mol. The molecule has 1 heterocycles. The van der Waals surface area contributed by atoms with E-state index in [1.165, 1.54) is 6.54 Å². The Kier molecular flexibility index (Phi) is 5.83. The highest BCUT2D eigenvalue weighted by molar-refractivity contribution is 5.27. The molecule has 20 heavy (non-hydrogen) atoms. The van der Waals surface area contributed by atoms with Crippen LogP contribution in [0.4, 0.5) is 0 Å². The quantitative estimate of drug-likeness (QED) is 0.856. The summed E-state index contributed by atoms with van der Waals surface area (Å²) in [6.07, 6.45) is 0. The summed E-state index contributed by atoms with van der Waals surface area (Å²) in [6, 6.07) is 8.70. The third-order valence-corrected chi connectivity index (χ3v) is 4.09. The van der Waals surface area contributed by atoms with Crippen LogP contribution < -0.4 is 10.5 Å². The van der Waals surface area contributed by atoms with Crippen molar-refractivity contribution in [1.29, 1.82) is 0 Å². The summed E-state index contributed by atoms with van der Waals surface area (Å²) in [6.45, 7) is 11.5. The monoisotopic (exact) mass is 277 g/mol. The molecule has 0 spiro atoms. The summed E-state index contributed by atoms with van der Waals surface area (Å²) < 4.78 is 5.80. The van der Waals surface area contributed by atoms with E-state index in [1.807, 2.05) is 24.3 Å². The fourth-order valence-electron chi connectivity index (χ4n) is 2.76. The molecule has 1 saturated heterocycles. The number of likely N-dealkylation sites (N-methyl/N-ethyl adjacent to an activating group) is 1. The third kappa shape index (κ3) is 4.20. The van der Waals surface area contributed by atoms with Crippen molar-refractivity contribution >= 4 is 0 Å². The van der Waals surface area contributed by atoms with Gasteiger partial charge in [0.2, 0.25) is 0 Å². The molecule has 1 fully saturated rings. The van der Waals surface area contributed by atoms with Gasteiger partial charge in [0.25, 0.3) is 0 Å². The molecule has 0 aliphatic carbocycles. The lowest BCUT2D eigenvalue weighted by Gasteiger charge is -2.39. The number of benzene rings is 1. The molecule has 1 aliphatic rings.